The molecule has 1 aromatic carbocycles. The monoisotopic (exact) mass is 431 g/mol. The van der Waals surface area contributed by atoms with Crippen molar-refractivity contribution in [3.05, 3.63) is 66.1 Å². The van der Waals surface area contributed by atoms with Crippen LogP contribution in [0.25, 0.3) is 22.3 Å². The van der Waals surface area contributed by atoms with Gasteiger partial charge >= 0.3 is 0 Å². The van der Waals surface area contributed by atoms with E-state index in [0.717, 1.165) is 53.4 Å². The summed E-state index contributed by atoms with van der Waals surface area (Å²) in [6.45, 7) is 4.77. The summed E-state index contributed by atoms with van der Waals surface area (Å²) in [5.74, 6) is 2.19. The minimum absolute atomic E-state index is 0.366. The van der Waals surface area contributed by atoms with Gasteiger partial charge < -0.3 is 15.5 Å². The zero-order valence-corrected chi connectivity index (χ0v) is 17.8. The van der Waals surface area contributed by atoms with Gasteiger partial charge in [0.1, 0.15) is 11.6 Å². The molecule has 0 unspecified atom stereocenters. The number of piperazine rings is 1. The summed E-state index contributed by atoms with van der Waals surface area (Å²) in [5, 5.41) is 8.20. The van der Waals surface area contributed by atoms with Crippen LogP contribution in [0, 0.1) is 0 Å². The van der Waals surface area contributed by atoms with Crippen molar-refractivity contribution in [2.75, 3.05) is 29.9 Å². The number of nitrogens with zero attached hydrogens (tertiary/aromatic N) is 5. The number of hydrogen-bond donors (Lipinski definition) is 2. The standard InChI is InChI=1S/C23H22ClN7/c1-15-14-31(10-9-26-15)23-21-18(24)12-25-13-19(21)29-22(30-23)16-7-8-27-20(11-16)28-17-5-3-2-4-6-17/h2-8,11-13,15,26H,9-10,14H2,1H3,(H,27,28)/t15-/m0/s1. The molecule has 1 atom stereocenters. The van der Waals surface area contributed by atoms with Crippen molar-refractivity contribution in [1.29, 1.82) is 0 Å². The number of anilines is 3. The lowest BCUT2D eigenvalue weighted by Gasteiger charge is -2.33. The highest BCUT2D eigenvalue weighted by molar-refractivity contribution is 6.36. The van der Waals surface area contributed by atoms with Crippen LogP contribution in [0.5, 0.6) is 0 Å². The van der Waals surface area contributed by atoms with Crippen molar-refractivity contribution >= 4 is 39.8 Å². The molecule has 2 N–H and O–H groups in total. The van der Waals surface area contributed by atoms with E-state index in [1.807, 2.05) is 42.5 Å². The fourth-order valence-electron chi connectivity index (χ4n) is 3.82. The summed E-state index contributed by atoms with van der Waals surface area (Å²) >= 11 is 6.53. The van der Waals surface area contributed by atoms with Crippen LogP contribution in [-0.4, -0.2) is 45.6 Å². The van der Waals surface area contributed by atoms with E-state index in [-0.39, 0.29) is 0 Å². The molecule has 1 saturated heterocycles. The first-order chi connectivity index (χ1) is 15.2. The Morgan fingerprint density at radius 3 is 2.84 bits per heavy atom. The number of benzene rings is 1. The van der Waals surface area contributed by atoms with Crippen LogP contribution in [0.4, 0.5) is 17.3 Å². The van der Waals surface area contributed by atoms with Gasteiger partial charge in [-0.2, -0.15) is 0 Å². The smallest absolute Gasteiger partial charge is 0.162 e. The zero-order valence-electron chi connectivity index (χ0n) is 17.1. The first kappa shape index (κ1) is 19.7. The fourth-order valence-corrected chi connectivity index (χ4v) is 4.05. The minimum Gasteiger partial charge on any atom is -0.353 e. The number of para-hydroxylation sites is 1. The van der Waals surface area contributed by atoms with Gasteiger partial charge in [0.2, 0.25) is 0 Å². The summed E-state index contributed by atoms with van der Waals surface area (Å²) < 4.78 is 0. The van der Waals surface area contributed by atoms with Crippen LogP contribution in [0.15, 0.2) is 61.1 Å². The van der Waals surface area contributed by atoms with Gasteiger partial charge in [0.05, 0.1) is 22.1 Å². The second kappa shape index (κ2) is 8.45. The summed E-state index contributed by atoms with van der Waals surface area (Å²) in [6, 6.07) is 14.2. The molecular formula is C23H22ClN7. The predicted molar refractivity (Wildman–Crippen MR) is 125 cm³/mol. The lowest BCUT2D eigenvalue weighted by molar-refractivity contribution is 0.483. The van der Waals surface area contributed by atoms with Gasteiger partial charge in [-0.1, -0.05) is 29.8 Å². The molecule has 8 heteroatoms. The van der Waals surface area contributed by atoms with Crippen LogP contribution in [0.3, 0.4) is 0 Å². The number of nitrogens with one attached hydrogen (secondary N) is 2. The molecule has 5 rings (SSSR count). The summed E-state index contributed by atoms with van der Waals surface area (Å²) in [4.78, 5) is 20.7. The molecule has 0 bridgehead atoms. The first-order valence-electron chi connectivity index (χ1n) is 10.3. The lowest BCUT2D eigenvalue weighted by atomic mass is 10.2. The molecule has 1 fully saturated rings. The summed E-state index contributed by atoms with van der Waals surface area (Å²) in [5.41, 5.74) is 2.57. The Morgan fingerprint density at radius 1 is 1.13 bits per heavy atom. The van der Waals surface area contributed by atoms with E-state index in [1.165, 1.54) is 0 Å². The number of rotatable bonds is 4. The number of pyridine rings is 2. The van der Waals surface area contributed by atoms with E-state index in [1.54, 1.807) is 18.6 Å². The molecule has 0 amide bonds. The van der Waals surface area contributed by atoms with Gasteiger partial charge in [0.25, 0.3) is 0 Å². The third kappa shape index (κ3) is 4.15. The topological polar surface area (TPSA) is 78.9 Å². The highest BCUT2D eigenvalue weighted by Gasteiger charge is 2.22. The van der Waals surface area contributed by atoms with Gasteiger partial charge in [-0.25, -0.2) is 15.0 Å². The molecule has 0 spiro atoms. The molecule has 7 nitrogen and oxygen atoms in total. The molecule has 0 aliphatic carbocycles. The van der Waals surface area contributed by atoms with Crippen LogP contribution in [0.1, 0.15) is 6.92 Å². The molecule has 3 aromatic heterocycles. The van der Waals surface area contributed by atoms with Crippen molar-refractivity contribution in [1.82, 2.24) is 25.3 Å². The molecule has 1 aliphatic heterocycles. The Bertz CT molecular complexity index is 1220. The van der Waals surface area contributed by atoms with Gasteiger partial charge in [-0.05, 0) is 31.2 Å². The minimum atomic E-state index is 0.366. The quantitative estimate of drug-likeness (QED) is 0.499. The summed E-state index contributed by atoms with van der Waals surface area (Å²) in [7, 11) is 0. The second-order valence-corrected chi connectivity index (χ2v) is 8.02. The first-order valence-corrected chi connectivity index (χ1v) is 10.6. The third-order valence-electron chi connectivity index (χ3n) is 5.27. The van der Waals surface area contributed by atoms with E-state index in [9.17, 15) is 0 Å². The van der Waals surface area contributed by atoms with E-state index in [0.29, 0.717) is 16.9 Å². The molecular weight excluding hydrogens is 410 g/mol. The third-order valence-corrected chi connectivity index (χ3v) is 5.56. The van der Waals surface area contributed by atoms with Gasteiger partial charge in [-0.3, -0.25) is 4.98 Å². The molecule has 4 aromatic rings. The molecule has 4 heterocycles. The molecule has 0 radical (unpaired) electrons. The number of hydrogen-bond acceptors (Lipinski definition) is 7. The van der Waals surface area contributed by atoms with Crippen LogP contribution in [-0.2, 0) is 0 Å². The average Bonchev–Trinajstić information content (AvgIpc) is 2.79. The largest absolute Gasteiger partial charge is 0.353 e. The van der Waals surface area contributed by atoms with E-state index in [4.69, 9.17) is 21.6 Å². The van der Waals surface area contributed by atoms with Crippen LogP contribution < -0.4 is 15.5 Å². The van der Waals surface area contributed by atoms with Crippen molar-refractivity contribution in [3.8, 4) is 11.4 Å². The predicted octanol–water partition coefficient (Wildman–Crippen LogP) is 4.28. The second-order valence-electron chi connectivity index (χ2n) is 7.61. The van der Waals surface area contributed by atoms with Gasteiger partial charge in [-0.15, -0.1) is 0 Å². The van der Waals surface area contributed by atoms with Gasteiger partial charge in [0, 0.05) is 49.3 Å². The van der Waals surface area contributed by atoms with Crippen molar-refractivity contribution < 1.29 is 0 Å². The van der Waals surface area contributed by atoms with E-state index in [2.05, 4.69) is 32.4 Å². The Hall–Kier alpha value is -3.29. The van der Waals surface area contributed by atoms with E-state index >= 15 is 0 Å². The van der Waals surface area contributed by atoms with Crippen molar-refractivity contribution in [3.63, 3.8) is 0 Å². The number of fused-ring (bicyclic) bond motifs is 1. The zero-order chi connectivity index (χ0) is 21.2. The summed E-state index contributed by atoms with van der Waals surface area (Å²) in [6.07, 6.45) is 5.15. The normalized spacial score (nSPS) is 16.5. The van der Waals surface area contributed by atoms with E-state index < -0.39 is 0 Å². The van der Waals surface area contributed by atoms with Gasteiger partial charge in [0.15, 0.2) is 5.82 Å². The molecule has 31 heavy (non-hydrogen) atoms. The molecule has 1 aliphatic rings. The molecule has 0 saturated carbocycles. The number of halogens is 1. The Labute approximate surface area is 185 Å². The van der Waals surface area contributed by atoms with Crippen molar-refractivity contribution in [2.24, 2.45) is 0 Å². The maximum absolute atomic E-state index is 6.53. The molecule has 156 valence electrons. The maximum Gasteiger partial charge on any atom is 0.162 e. The van der Waals surface area contributed by atoms with Crippen LogP contribution >= 0.6 is 11.6 Å². The Morgan fingerprint density at radius 2 is 2.00 bits per heavy atom. The average molecular weight is 432 g/mol. The van der Waals surface area contributed by atoms with Crippen LogP contribution in [0.2, 0.25) is 5.02 Å². The Balaban J connectivity index is 1.58. The lowest BCUT2D eigenvalue weighted by Crippen LogP contribution is -2.49. The highest BCUT2D eigenvalue weighted by Crippen LogP contribution is 2.33. The SMILES string of the molecule is C[C@H]1CN(c2nc(-c3ccnc(Nc4ccccc4)c3)nc3cncc(Cl)c23)CCN1. The number of aromatic nitrogens is 4. The fraction of sp³-hybridized carbons (Fsp3) is 0.217. The maximum atomic E-state index is 6.53. The highest BCUT2D eigenvalue weighted by atomic mass is 35.5. The Kier molecular flexibility index (Phi) is 5.36. The van der Waals surface area contributed by atoms with Crippen molar-refractivity contribution in [2.45, 2.75) is 13.0 Å².